The highest BCUT2D eigenvalue weighted by molar-refractivity contribution is 7.99. The van der Waals surface area contributed by atoms with Crippen molar-refractivity contribution in [1.82, 2.24) is 4.90 Å². The number of carbonyl (C=O) groups excluding carboxylic acids is 1. The van der Waals surface area contributed by atoms with E-state index in [0.29, 0.717) is 23.5 Å². The quantitative estimate of drug-likeness (QED) is 0.796. The Balaban J connectivity index is 2.31. The SMILES string of the molecule is Cc1ccc(N)c(C(=O)N2CCSCC2C(=O)O)c1. The van der Waals surface area contributed by atoms with Crippen molar-refractivity contribution in [3.63, 3.8) is 0 Å². The van der Waals surface area contributed by atoms with E-state index in [2.05, 4.69) is 0 Å². The first-order valence-electron chi connectivity index (χ1n) is 5.98. The van der Waals surface area contributed by atoms with E-state index in [1.165, 1.54) is 4.90 Å². The maximum absolute atomic E-state index is 12.5. The molecule has 5 nitrogen and oxygen atoms in total. The number of carboxylic acid groups (broad SMARTS) is 1. The lowest BCUT2D eigenvalue weighted by Crippen LogP contribution is -2.50. The van der Waals surface area contributed by atoms with Gasteiger partial charge in [-0.2, -0.15) is 11.8 Å². The van der Waals surface area contributed by atoms with Crippen LogP contribution in [0.15, 0.2) is 18.2 Å². The minimum atomic E-state index is -0.966. The third-order valence-corrected chi connectivity index (χ3v) is 4.14. The number of rotatable bonds is 2. The predicted molar refractivity (Wildman–Crippen MR) is 75.4 cm³/mol. The van der Waals surface area contributed by atoms with Crippen LogP contribution >= 0.6 is 11.8 Å². The second-order valence-electron chi connectivity index (χ2n) is 4.52. The fourth-order valence-electron chi connectivity index (χ4n) is 2.06. The molecule has 1 heterocycles. The number of anilines is 1. The number of thioether (sulfide) groups is 1. The molecule has 102 valence electrons. The molecule has 1 aromatic rings. The zero-order chi connectivity index (χ0) is 14.0. The van der Waals surface area contributed by atoms with Crippen molar-refractivity contribution in [1.29, 1.82) is 0 Å². The molecule has 1 saturated heterocycles. The van der Waals surface area contributed by atoms with Crippen LogP contribution in [0, 0.1) is 6.92 Å². The number of nitrogens with zero attached hydrogens (tertiary/aromatic N) is 1. The number of nitrogens with two attached hydrogens (primary N) is 1. The van der Waals surface area contributed by atoms with E-state index in [4.69, 9.17) is 5.73 Å². The van der Waals surface area contributed by atoms with Crippen LogP contribution in [0.3, 0.4) is 0 Å². The third-order valence-electron chi connectivity index (χ3n) is 3.11. The number of aliphatic carboxylic acids is 1. The van der Waals surface area contributed by atoms with E-state index in [1.807, 2.05) is 13.0 Å². The second kappa shape index (κ2) is 5.52. The van der Waals surface area contributed by atoms with Gasteiger partial charge in [-0.05, 0) is 19.1 Å². The van der Waals surface area contributed by atoms with Crippen molar-refractivity contribution >= 4 is 29.3 Å². The first-order valence-corrected chi connectivity index (χ1v) is 7.14. The van der Waals surface area contributed by atoms with Crippen LogP contribution in [0.5, 0.6) is 0 Å². The van der Waals surface area contributed by atoms with Crippen LogP contribution in [0.4, 0.5) is 5.69 Å². The number of aryl methyl sites for hydroxylation is 1. The van der Waals surface area contributed by atoms with Crippen molar-refractivity contribution in [2.75, 3.05) is 23.8 Å². The summed E-state index contributed by atoms with van der Waals surface area (Å²) in [5, 5.41) is 9.19. The summed E-state index contributed by atoms with van der Waals surface area (Å²) in [6, 6.07) is 4.44. The molecule has 2 rings (SSSR count). The maximum Gasteiger partial charge on any atom is 0.327 e. The summed E-state index contributed by atoms with van der Waals surface area (Å²) in [5.41, 5.74) is 7.52. The number of carboxylic acids is 1. The second-order valence-corrected chi connectivity index (χ2v) is 5.67. The van der Waals surface area contributed by atoms with Crippen LogP contribution in [0.2, 0.25) is 0 Å². The van der Waals surface area contributed by atoms with Crippen molar-refractivity contribution in [2.24, 2.45) is 0 Å². The number of hydrogen-bond donors (Lipinski definition) is 2. The van der Waals surface area contributed by atoms with Gasteiger partial charge in [0.05, 0.1) is 5.56 Å². The molecule has 1 aliphatic heterocycles. The normalized spacial score (nSPS) is 19.2. The minimum Gasteiger partial charge on any atom is -0.480 e. The molecule has 0 bridgehead atoms. The predicted octanol–water partition coefficient (Wildman–Crippen LogP) is 1.22. The van der Waals surface area contributed by atoms with Crippen molar-refractivity contribution in [3.8, 4) is 0 Å². The summed E-state index contributed by atoms with van der Waals surface area (Å²) in [7, 11) is 0. The van der Waals surface area contributed by atoms with Gasteiger partial charge in [0.25, 0.3) is 5.91 Å². The van der Waals surface area contributed by atoms with Crippen LogP contribution in [-0.2, 0) is 4.79 Å². The standard InChI is InChI=1S/C13H16N2O3S/c1-8-2-3-10(14)9(6-8)12(16)15-4-5-19-7-11(15)13(17)18/h2-3,6,11H,4-5,7,14H2,1H3,(H,17,18). The monoisotopic (exact) mass is 280 g/mol. The van der Waals surface area contributed by atoms with Crippen LogP contribution in [-0.4, -0.2) is 46.0 Å². The van der Waals surface area contributed by atoms with E-state index in [9.17, 15) is 14.7 Å². The first kappa shape index (κ1) is 13.7. The highest BCUT2D eigenvalue weighted by atomic mass is 32.2. The lowest BCUT2D eigenvalue weighted by atomic mass is 10.1. The molecule has 0 spiro atoms. The fourth-order valence-corrected chi connectivity index (χ4v) is 3.10. The number of amides is 1. The molecule has 1 aliphatic rings. The van der Waals surface area contributed by atoms with Gasteiger partial charge < -0.3 is 15.7 Å². The van der Waals surface area contributed by atoms with E-state index in [0.717, 1.165) is 11.3 Å². The smallest absolute Gasteiger partial charge is 0.327 e. The van der Waals surface area contributed by atoms with Gasteiger partial charge in [-0.25, -0.2) is 4.79 Å². The van der Waals surface area contributed by atoms with Gasteiger partial charge in [0.2, 0.25) is 0 Å². The summed E-state index contributed by atoms with van der Waals surface area (Å²) in [6.07, 6.45) is 0. The largest absolute Gasteiger partial charge is 0.480 e. The number of nitrogen functional groups attached to an aromatic ring is 1. The zero-order valence-electron chi connectivity index (χ0n) is 10.6. The highest BCUT2D eigenvalue weighted by Crippen LogP contribution is 2.22. The van der Waals surface area contributed by atoms with Crippen molar-refractivity contribution < 1.29 is 14.7 Å². The Kier molecular flexibility index (Phi) is 3.99. The molecule has 0 aliphatic carbocycles. The Morgan fingerprint density at radius 1 is 1.47 bits per heavy atom. The van der Waals surface area contributed by atoms with Crippen LogP contribution in [0.25, 0.3) is 0 Å². The van der Waals surface area contributed by atoms with E-state index < -0.39 is 12.0 Å². The molecule has 0 saturated carbocycles. The third kappa shape index (κ3) is 2.84. The summed E-state index contributed by atoms with van der Waals surface area (Å²) in [5.74, 6) is -0.0886. The molecule has 1 atom stereocenters. The Morgan fingerprint density at radius 2 is 2.21 bits per heavy atom. The van der Waals surface area contributed by atoms with Gasteiger partial charge in [-0.1, -0.05) is 11.6 Å². The van der Waals surface area contributed by atoms with Crippen LogP contribution < -0.4 is 5.73 Å². The molecule has 3 N–H and O–H groups in total. The molecular formula is C13H16N2O3S. The summed E-state index contributed by atoms with van der Waals surface area (Å²) in [6.45, 7) is 2.31. The van der Waals surface area contributed by atoms with Gasteiger partial charge in [-0.15, -0.1) is 0 Å². The average molecular weight is 280 g/mol. The molecule has 1 fully saturated rings. The topological polar surface area (TPSA) is 83.6 Å². The molecule has 1 unspecified atom stereocenters. The number of benzene rings is 1. The van der Waals surface area contributed by atoms with Crippen LogP contribution in [0.1, 0.15) is 15.9 Å². The fraction of sp³-hybridized carbons (Fsp3) is 0.385. The number of carbonyl (C=O) groups is 2. The molecule has 19 heavy (non-hydrogen) atoms. The summed E-state index contributed by atoms with van der Waals surface area (Å²) < 4.78 is 0. The Labute approximate surface area is 115 Å². The Morgan fingerprint density at radius 3 is 2.89 bits per heavy atom. The Hall–Kier alpha value is -1.69. The van der Waals surface area contributed by atoms with Crippen molar-refractivity contribution in [2.45, 2.75) is 13.0 Å². The van der Waals surface area contributed by atoms with E-state index in [-0.39, 0.29) is 5.91 Å². The maximum atomic E-state index is 12.5. The van der Waals surface area contributed by atoms with Gasteiger partial charge in [-0.3, -0.25) is 4.79 Å². The molecule has 0 radical (unpaired) electrons. The average Bonchev–Trinajstić information content (AvgIpc) is 2.40. The van der Waals surface area contributed by atoms with Gasteiger partial charge >= 0.3 is 5.97 Å². The van der Waals surface area contributed by atoms with E-state index in [1.54, 1.807) is 23.9 Å². The number of hydrogen-bond acceptors (Lipinski definition) is 4. The lowest BCUT2D eigenvalue weighted by Gasteiger charge is -2.33. The van der Waals surface area contributed by atoms with E-state index >= 15 is 0 Å². The first-order chi connectivity index (χ1) is 9.00. The minimum absolute atomic E-state index is 0.297. The molecular weight excluding hydrogens is 264 g/mol. The Bertz CT molecular complexity index is 519. The molecule has 1 aromatic carbocycles. The lowest BCUT2D eigenvalue weighted by molar-refractivity contribution is -0.141. The zero-order valence-corrected chi connectivity index (χ0v) is 11.4. The molecule has 6 heteroatoms. The van der Waals surface area contributed by atoms with Gasteiger partial charge in [0.1, 0.15) is 6.04 Å². The highest BCUT2D eigenvalue weighted by Gasteiger charge is 2.33. The van der Waals surface area contributed by atoms with Gasteiger partial charge in [0.15, 0.2) is 0 Å². The summed E-state index contributed by atoms with van der Waals surface area (Å²) in [4.78, 5) is 25.1. The van der Waals surface area contributed by atoms with Gasteiger partial charge in [0, 0.05) is 23.7 Å². The molecule has 0 aromatic heterocycles. The molecule has 1 amide bonds. The van der Waals surface area contributed by atoms with Crippen molar-refractivity contribution in [3.05, 3.63) is 29.3 Å². The summed E-state index contributed by atoms with van der Waals surface area (Å²) >= 11 is 1.55.